The number of aliphatic hydroxyl groups is 1. The van der Waals surface area contributed by atoms with E-state index in [0.29, 0.717) is 11.3 Å². The lowest BCUT2D eigenvalue weighted by Crippen LogP contribution is -2.27. The van der Waals surface area contributed by atoms with Crippen LogP contribution >= 0.6 is 0 Å². The highest BCUT2D eigenvalue weighted by molar-refractivity contribution is 7.89. The van der Waals surface area contributed by atoms with Crippen LogP contribution in [0, 0.1) is 0 Å². The quantitative estimate of drug-likeness (QED) is 0.884. The summed E-state index contributed by atoms with van der Waals surface area (Å²) in [6.07, 6.45) is 2.83. The predicted octanol–water partition coefficient (Wildman–Crippen LogP) is 0.988. The molecule has 0 saturated carbocycles. The predicted molar refractivity (Wildman–Crippen MR) is 67.5 cm³/mol. The summed E-state index contributed by atoms with van der Waals surface area (Å²) in [5, 5.41) is 8.84. The monoisotopic (exact) mass is 282 g/mol. The molecule has 0 unspecified atom stereocenters. The summed E-state index contributed by atoms with van der Waals surface area (Å²) in [5.41, 5.74) is 0.563. The zero-order valence-electron chi connectivity index (χ0n) is 10.4. The number of aromatic nitrogens is 1. The standard InChI is InChI=1S/C12H14N2O4S/c1-14(8-11-3-2-6-18-11)19(16,17)12-5-4-10(9-15)7-13-12/h2-7,15H,8-9H2,1H3. The average Bonchev–Trinajstić information content (AvgIpc) is 2.91. The van der Waals surface area contributed by atoms with Gasteiger partial charge in [0.05, 0.1) is 19.4 Å². The molecule has 2 rings (SSSR count). The van der Waals surface area contributed by atoms with Gasteiger partial charge in [0, 0.05) is 13.2 Å². The number of pyridine rings is 1. The first-order chi connectivity index (χ1) is 9.04. The van der Waals surface area contributed by atoms with Crippen LogP contribution in [-0.4, -0.2) is 29.9 Å². The van der Waals surface area contributed by atoms with Crippen LogP contribution < -0.4 is 0 Å². The van der Waals surface area contributed by atoms with Crippen LogP contribution in [0.25, 0.3) is 0 Å². The van der Waals surface area contributed by atoms with Gasteiger partial charge in [-0.1, -0.05) is 6.07 Å². The summed E-state index contributed by atoms with van der Waals surface area (Å²) in [4.78, 5) is 3.85. The van der Waals surface area contributed by atoms with Gasteiger partial charge in [0.25, 0.3) is 10.0 Å². The molecule has 0 fully saturated rings. The highest BCUT2D eigenvalue weighted by Gasteiger charge is 2.22. The molecule has 1 N–H and O–H groups in total. The van der Waals surface area contributed by atoms with Gasteiger partial charge in [0.15, 0.2) is 5.03 Å². The van der Waals surface area contributed by atoms with Crippen LogP contribution in [0.4, 0.5) is 0 Å². The van der Waals surface area contributed by atoms with Crippen molar-refractivity contribution in [3.05, 3.63) is 48.0 Å². The van der Waals surface area contributed by atoms with Gasteiger partial charge >= 0.3 is 0 Å². The van der Waals surface area contributed by atoms with Gasteiger partial charge in [-0.2, -0.15) is 4.31 Å². The summed E-state index contributed by atoms with van der Waals surface area (Å²) in [6.45, 7) is -0.0334. The number of hydrogen-bond donors (Lipinski definition) is 1. The third kappa shape index (κ3) is 3.01. The first kappa shape index (κ1) is 13.7. The third-order valence-corrected chi connectivity index (χ3v) is 4.33. The van der Waals surface area contributed by atoms with Gasteiger partial charge in [-0.3, -0.25) is 0 Å². The second-order valence-electron chi connectivity index (χ2n) is 4.00. The fourth-order valence-corrected chi connectivity index (χ4v) is 2.57. The molecular weight excluding hydrogens is 268 g/mol. The van der Waals surface area contributed by atoms with Crippen LogP contribution in [0.2, 0.25) is 0 Å². The zero-order valence-corrected chi connectivity index (χ0v) is 11.2. The van der Waals surface area contributed by atoms with E-state index in [2.05, 4.69) is 4.98 Å². The molecule has 7 heteroatoms. The smallest absolute Gasteiger partial charge is 0.260 e. The molecule has 0 amide bonds. The second-order valence-corrected chi connectivity index (χ2v) is 6.00. The summed E-state index contributed by atoms with van der Waals surface area (Å²) < 4.78 is 30.7. The van der Waals surface area contributed by atoms with E-state index in [0.717, 1.165) is 4.31 Å². The van der Waals surface area contributed by atoms with Crippen LogP contribution in [0.3, 0.4) is 0 Å². The molecule has 6 nitrogen and oxygen atoms in total. The van der Waals surface area contributed by atoms with E-state index >= 15 is 0 Å². The van der Waals surface area contributed by atoms with Crippen molar-refractivity contribution in [2.45, 2.75) is 18.2 Å². The Morgan fingerprint density at radius 3 is 2.68 bits per heavy atom. The number of furan rings is 1. The van der Waals surface area contributed by atoms with Crippen LogP contribution in [-0.2, 0) is 23.2 Å². The van der Waals surface area contributed by atoms with E-state index in [1.807, 2.05) is 0 Å². The molecule has 0 aliphatic heterocycles. The summed E-state index contributed by atoms with van der Waals surface area (Å²) in [6, 6.07) is 6.30. The van der Waals surface area contributed by atoms with Crippen molar-refractivity contribution in [3.8, 4) is 0 Å². The maximum atomic E-state index is 12.2. The topological polar surface area (TPSA) is 83.6 Å². The minimum atomic E-state index is -3.66. The molecule has 19 heavy (non-hydrogen) atoms. The normalized spacial score (nSPS) is 11.9. The highest BCUT2D eigenvalue weighted by Crippen LogP contribution is 2.15. The Kier molecular flexibility index (Phi) is 3.98. The number of rotatable bonds is 5. The van der Waals surface area contributed by atoms with Gasteiger partial charge in [-0.05, 0) is 23.8 Å². The van der Waals surface area contributed by atoms with Gasteiger partial charge in [-0.25, -0.2) is 13.4 Å². The number of nitrogens with zero attached hydrogens (tertiary/aromatic N) is 2. The van der Waals surface area contributed by atoms with Crippen molar-refractivity contribution < 1.29 is 17.9 Å². The van der Waals surface area contributed by atoms with Crippen molar-refractivity contribution in [2.24, 2.45) is 0 Å². The molecule has 2 aromatic rings. The lowest BCUT2D eigenvalue weighted by molar-refractivity contribution is 0.281. The minimum absolute atomic E-state index is 0.0567. The molecule has 2 aromatic heterocycles. The molecule has 2 heterocycles. The molecule has 0 atom stereocenters. The fraction of sp³-hybridized carbons (Fsp3) is 0.250. The van der Waals surface area contributed by atoms with Crippen molar-refractivity contribution in [1.82, 2.24) is 9.29 Å². The highest BCUT2D eigenvalue weighted by atomic mass is 32.2. The van der Waals surface area contributed by atoms with Gasteiger partial charge < -0.3 is 9.52 Å². The third-order valence-electron chi connectivity index (χ3n) is 2.61. The Bertz CT molecular complexity index is 620. The summed E-state index contributed by atoms with van der Waals surface area (Å²) >= 11 is 0. The lowest BCUT2D eigenvalue weighted by atomic mass is 10.3. The van der Waals surface area contributed by atoms with E-state index in [1.54, 1.807) is 12.1 Å². The summed E-state index contributed by atoms with van der Waals surface area (Å²) in [7, 11) is -2.20. The molecule has 0 radical (unpaired) electrons. The molecule has 0 aromatic carbocycles. The largest absolute Gasteiger partial charge is 0.468 e. The van der Waals surface area contributed by atoms with Crippen LogP contribution in [0.15, 0.2) is 46.2 Å². The number of sulfonamides is 1. The first-order valence-corrected chi connectivity index (χ1v) is 7.02. The molecule has 0 spiro atoms. The van der Waals surface area contributed by atoms with Gasteiger partial charge in [0.2, 0.25) is 0 Å². The molecule has 102 valence electrons. The Hall–Kier alpha value is -1.70. The maximum absolute atomic E-state index is 12.2. The second kappa shape index (κ2) is 5.52. The Labute approximate surface area is 111 Å². The zero-order chi connectivity index (χ0) is 13.9. The van der Waals surface area contributed by atoms with Crippen LogP contribution in [0.5, 0.6) is 0 Å². The van der Waals surface area contributed by atoms with E-state index in [9.17, 15) is 8.42 Å². The fourth-order valence-electron chi connectivity index (χ4n) is 1.52. The van der Waals surface area contributed by atoms with Gasteiger partial charge in [-0.15, -0.1) is 0 Å². The Morgan fingerprint density at radius 1 is 1.37 bits per heavy atom. The van der Waals surface area contributed by atoms with Crippen molar-refractivity contribution in [1.29, 1.82) is 0 Å². The lowest BCUT2D eigenvalue weighted by Gasteiger charge is -2.15. The SMILES string of the molecule is CN(Cc1ccco1)S(=O)(=O)c1ccc(CO)cn1. The Balaban J connectivity index is 2.20. The Morgan fingerprint density at radius 2 is 2.16 bits per heavy atom. The molecule has 0 bridgehead atoms. The number of hydrogen-bond acceptors (Lipinski definition) is 5. The summed E-state index contributed by atoms with van der Waals surface area (Å²) in [5.74, 6) is 0.554. The van der Waals surface area contributed by atoms with Crippen molar-refractivity contribution >= 4 is 10.0 Å². The minimum Gasteiger partial charge on any atom is -0.468 e. The average molecular weight is 282 g/mol. The van der Waals surface area contributed by atoms with E-state index in [-0.39, 0.29) is 18.2 Å². The van der Waals surface area contributed by atoms with Crippen LogP contribution in [0.1, 0.15) is 11.3 Å². The van der Waals surface area contributed by atoms with Crippen molar-refractivity contribution in [3.63, 3.8) is 0 Å². The maximum Gasteiger partial charge on any atom is 0.260 e. The van der Waals surface area contributed by atoms with E-state index in [4.69, 9.17) is 9.52 Å². The molecule has 0 aliphatic carbocycles. The van der Waals surface area contributed by atoms with E-state index < -0.39 is 10.0 Å². The number of aliphatic hydroxyl groups excluding tert-OH is 1. The molecule has 0 saturated heterocycles. The van der Waals surface area contributed by atoms with Crippen molar-refractivity contribution in [2.75, 3.05) is 7.05 Å². The van der Waals surface area contributed by atoms with E-state index in [1.165, 1.54) is 31.6 Å². The molecule has 0 aliphatic rings. The van der Waals surface area contributed by atoms with Gasteiger partial charge in [0.1, 0.15) is 5.76 Å². The molecular formula is C12H14N2O4S. The first-order valence-electron chi connectivity index (χ1n) is 5.58.